The molecule has 6 heteroatoms. The lowest BCUT2D eigenvalue weighted by Gasteiger charge is -2.31. The lowest BCUT2D eigenvalue weighted by Crippen LogP contribution is -2.43. The summed E-state index contributed by atoms with van der Waals surface area (Å²) in [6.45, 7) is 4.27. The van der Waals surface area contributed by atoms with Gasteiger partial charge in [0.25, 0.3) is 5.88 Å². The molecule has 0 unspecified atom stereocenters. The Morgan fingerprint density at radius 1 is 1.50 bits per heavy atom. The molecule has 1 rings (SSSR count). The van der Waals surface area contributed by atoms with Gasteiger partial charge in [0.05, 0.1) is 6.20 Å². The predicted molar refractivity (Wildman–Crippen MR) is 60.3 cm³/mol. The van der Waals surface area contributed by atoms with E-state index in [2.05, 4.69) is 9.97 Å². The molecule has 1 heterocycles. The molecule has 4 nitrogen and oxygen atoms in total. The van der Waals surface area contributed by atoms with Gasteiger partial charge in [-0.25, -0.2) is 4.98 Å². The number of rotatable bonds is 4. The Balaban J connectivity index is 2.71. The fourth-order valence-electron chi connectivity index (χ4n) is 0.807. The van der Waals surface area contributed by atoms with E-state index in [0.717, 1.165) is 6.20 Å². The first kappa shape index (κ1) is 13.1. The van der Waals surface area contributed by atoms with Crippen LogP contribution in [0.4, 0.5) is 4.39 Å². The maximum Gasteiger partial charge on any atom is 0.254 e. The van der Waals surface area contributed by atoms with E-state index in [4.69, 9.17) is 16.3 Å². The van der Waals surface area contributed by atoms with Gasteiger partial charge >= 0.3 is 0 Å². The molecule has 0 radical (unpaired) electrons. The van der Waals surface area contributed by atoms with Gasteiger partial charge in [0.15, 0.2) is 0 Å². The van der Waals surface area contributed by atoms with Crippen molar-refractivity contribution in [2.24, 2.45) is 0 Å². The molecule has 1 aromatic heterocycles. The van der Waals surface area contributed by atoms with Crippen LogP contribution in [0.15, 0.2) is 6.20 Å². The van der Waals surface area contributed by atoms with E-state index in [1.165, 1.54) is 0 Å². The first-order chi connectivity index (χ1) is 7.33. The summed E-state index contributed by atoms with van der Waals surface area (Å²) in [6.07, 6.45) is 0.993. The van der Waals surface area contributed by atoms with E-state index in [-0.39, 0.29) is 16.7 Å². The monoisotopic (exact) mass is 247 g/mol. The molecule has 0 spiro atoms. The Morgan fingerprint density at radius 2 is 2.12 bits per heavy atom. The van der Waals surface area contributed by atoms with Crippen molar-refractivity contribution in [1.82, 2.24) is 14.9 Å². The number of hydrogen-bond acceptors (Lipinski definition) is 4. The van der Waals surface area contributed by atoms with Crippen LogP contribution in [-0.4, -0.2) is 41.1 Å². The van der Waals surface area contributed by atoms with Crippen LogP contribution in [0.1, 0.15) is 13.8 Å². The van der Waals surface area contributed by atoms with Crippen molar-refractivity contribution in [1.29, 1.82) is 0 Å². The molecule has 16 heavy (non-hydrogen) atoms. The topological polar surface area (TPSA) is 38.2 Å². The molecular formula is C10H15ClFN3O. The highest BCUT2D eigenvalue weighted by atomic mass is 35.5. The van der Waals surface area contributed by atoms with Gasteiger partial charge in [-0.1, -0.05) is 0 Å². The molecule has 0 saturated heterocycles. The van der Waals surface area contributed by atoms with Gasteiger partial charge in [-0.2, -0.15) is 9.37 Å². The molecule has 0 saturated carbocycles. The summed E-state index contributed by atoms with van der Waals surface area (Å²) < 4.78 is 18.5. The van der Waals surface area contributed by atoms with E-state index in [1.54, 1.807) is 0 Å². The SMILES string of the molecule is CN(C)C(C)(C)COc1nc(Cl)ncc1F. The van der Waals surface area contributed by atoms with Crippen LogP contribution in [0.25, 0.3) is 0 Å². The van der Waals surface area contributed by atoms with E-state index in [9.17, 15) is 4.39 Å². The third-order valence-electron chi connectivity index (χ3n) is 2.46. The number of nitrogens with zero attached hydrogens (tertiary/aromatic N) is 3. The normalized spacial score (nSPS) is 11.9. The number of ether oxygens (including phenoxy) is 1. The van der Waals surface area contributed by atoms with Crippen LogP contribution in [0.5, 0.6) is 5.88 Å². The van der Waals surface area contributed by atoms with Crippen LogP contribution in [0, 0.1) is 5.82 Å². The maximum absolute atomic E-state index is 13.2. The van der Waals surface area contributed by atoms with Crippen LogP contribution in [0.2, 0.25) is 5.28 Å². The summed E-state index contributed by atoms with van der Waals surface area (Å²) in [6, 6.07) is 0. The fraction of sp³-hybridized carbons (Fsp3) is 0.600. The minimum atomic E-state index is -0.612. The van der Waals surface area contributed by atoms with Crippen molar-refractivity contribution in [3.63, 3.8) is 0 Å². The molecular weight excluding hydrogens is 233 g/mol. The Labute approximate surface area is 99.4 Å². The summed E-state index contributed by atoms with van der Waals surface area (Å²) in [5, 5.41) is -0.0286. The first-order valence-electron chi connectivity index (χ1n) is 4.81. The van der Waals surface area contributed by atoms with Crippen LogP contribution < -0.4 is 4.74 Å². The summed E-state index contributed by atoms with van der Waals surface area (Å²) in [4.78, 5) is 9.16. The second-order valence-electron chi connectivity index (χ2n) is 4.29. The number of likely N-dealkylation sites (N-methyl/N-ethyl adjacent to an activating group) is 1. The van der Waals surface area contributed by atoms with E-state index < -0.39 is 5.82 Å². The molecule has 1 aromatic rings. The highest BCUT2D eigenvalue weighted by molar-refractivity contribution is 6.28. The lowest BCUT2D eigenvalue weighted by molar-refractivity contribution is 0.108. The van der Waals surface area contributed by atoms with Crippen LogP contribution >= 0.6 is 11.6 Å². The predicted octanol–water partition coefficient (Wildman–Crippen LogP) is 1.99. The van der Waals surface area contributed by atoms with Gasteiger partial charge < -0.3 is 9.64 Å². The first-order valence-corrected chi connectivity index (χ1v) is 5.19. The van der Waals surface area contributed by atoms with Crippen molar-refractivity contribution >= 4 is 11.6 Å². The fourth-order valence-corrected chi connectivity index (χ4v) is 0.932. The van der Waals surface area contributed by atoms with Crippen LogP contribution in [-0.2, 0) is 0 Å². The summed E-state index contributed by atoms with van der Waals surface area (Å²) in [5.74, 6) is -0.728. The zero-order valence-electron chi connectivity index (χ0n) is 9.79. The third-order valence-corrected chi connectivity index (χ3v) is 2.64. The Morgan fingerprint density at radius 3 is 2.69 bits per heavy atom. The average Bonchev–Trinajstić information content (AvgIpc) is 2.19. The third kappa shape index (κ3) is 3.28. The molecule has 0 N–H and O–H groups in total. The Bertz CT molecular complexity index is 371. The number of hydrogen-bond donors (Lipinski definition) is 0. The van der Waals surface area contributed by atoms with Crippen molar-refractivity contribution in [3.05, 3.63) is 17.3 Å². The van der Waals surface area contributed by atoms with E-state index in [0.29, 0.717) is 6.61 Å². The molecule has 0 aliphatic carbocycles. The lowest BCUT2D eigenvalue weighted by atomic mass is 10.1. The molecule has 0 amide bonds. The van der Waals surface area contributed by atoms with Gasteiger partial charge in [-0.15, -0.1) is 0 Å². The zero-order valence-corrected chi connectivity index (χ0v) is 10.5. The quantitative estimate of drug-likeness (QED) is 0.763. The summed E-state index contributed by atoms with van der Waals surface area (Å²) >= 11 is 5.55. The highest BCUT2D eigenvalue weighted by Gasteiger charge is 2.22. The second kappa shape index (κ2) is 4.93. The molecule has 0 aromatic carbocycles. The second-order valence-corrected chi connectivity index (χ2v) is 4.63. The molecule has 0 bridgehead atoms. The van der Waals surface area contributed by atoms with Gasteiger partial charge in [-0.05, 0) is 39.5 Å². The van der Waals surface area contributed by atoms with Crippen LogP contribution in [0.3, 0.4) is 0 Å². The van der Waals surface area contributed by atoms with Gasteiger partial charge in [-0.3, -0.25) is 0 Å². The molecule has 0 aliphatic rings. The highest BCUT2D eigenvalue weighted by Crippen LogP contribution is 2.17. The summed E-state index contributed by atoms with van der Waals surface area (Å²) in [7, 11) is 3.85. The zero-order chi connectivity index (χ0) is 12.3. The molecule has 0 atom stereocenters. The number of halogens is 2. The van der Waals surface area contributed by atoms with Gasteiger partial charge in [0.1, 0.15) is 6.61 Å². The van der Waals surface area contributed by atoms with Gasteiger partial charge in [0, 0.05) is 5.54 Å². The minimum Gasteiger partial charge on any atom is -0.474 e. The molecule has 0 fully saturated rings. The molecule has 0 aliphatic heterocycles. The largest absolute Gasteiger partial charge is 0.474 e. The number of aromatic nitrogens is 2. The minimum absolute atomic E-state index is 0.0286. The smallest absolute Gasteiger partial charge is 0.254 e. The maximum atomic E-state index is 13.2. The van der Waals surface area contributed by atoms with Crippen molar-refractivity contribution in [2.45, 2.75) is 19.4 Å². The van der Waals surface area contributed by atoms with E-state index >= 15 is 0 Å². The van der Waals surface area contributed by atoms with Crippen molar-refractivity contribution in [3.8, 4) is 5.88 Å². The van der Waals surface area contributed by atoms with Gasteiger partial charge in [0.2, 0.25) is 11.1 Å². The van der Waals surface area contributed by atoms with Crippen molar-refractivity contribution < 1.29 is 9.13 Å². The Kier molecular flexibility index (Phi) is 4.04. The molecule has 90 valence electrons. The summed E-state index contributed by atoms with van der Waals surface area (Å²) in [5.41, 5.74) is -0.218. The van der Waals surface area contributed by atoms with Crippen molar-refractivity contribution in [2.75, 3.05) is 20.7 Å². The van der Waals surface area contributed by atoms with E-state index in [1.807, 2.05) is 32.8 Å². The Hall–Kier alpha value is -0.940. The standard InChI is InChI=1S/C10H15ClFN3O/c1-10(2,15(3)4)6-16-8-7(12)5-13-9(11)14-8/h5H,6H2,1-4H3. The average molecular weight is 248 g/mol.